The van der Waals surface area contributed by atoms with E-state index in [-0.39, 0.29) is 37.2 Å². The summed E-state index contributed by atoms with van der Waals surface area (Å²) in [7, 11) is 1.61. The highest BCUT2D eigenvalue weighted by Crippen LogP contribution is 2.23. The Labute approximate surface area is 149 Å². The number of likely N-dealkylation sites (N-methyl/N-ethyl adjacent to an activating group) is 1. The molecule has 2 fully saturated rings. The number of piperazine rings is 2. The molecule has 1 aromatic rings. The van der Waals surface area contributed by atoms with Crippen LogP contribution < -0.4 is 0 Å². The lowest BCUT2D eigenvalue weighted by Crippen LogP contribution is -2.66. The third kappa shape index (κ3) is 3.21. The zero-order valence-corrected chi connectivity index (χ0v) is 14.7. The molecule has 0 aliphatic carbocycles. The first-order valence-electron chi connectivity index (χ1n) is 7.63. The first-order valence-corrected chi connectivity index (χ1v) is 8.38. The van der Waals surface area contributed by atoms with E-state index in [0.717, 1.165) is 5.56 Å². The molecule has 3 amide bonds. The zero-order chi connectivity index (χ0) is 17.4. The SMILES string of the molecule is CN1CC(=O)N2CCN(C(=O)Cc3ccc(Cl)c(Cl)c3)CC2C1=O. The number of amides is 3. The van der Waals surface area contributed by atoms with Gasteiger partial charge in [-0.1, -0.05) is 29.3 Å². The first-order chi connectivity index (χ1) is 11.4. The molecule has 1 unspecified atom stereocenters. The number of carbonyl (C=O) groups excluding carboxylic acids is 3. The molecule has 2 aliphatic heterocycles. The van der Waals surface area contributed by atoms with Gasteiger partial charge in [-0.15, -0.1) is 0 Å². The molecular weight excluding hydrogens is 353 g/mol. The van der Waals surface area contributed by atoms with Crippen molar-refractivity contribution < 1.29 is 14.4 Å². The van der Waals surface area contributed by atoms with E-state index in [1.54, 1.807) is 35.0 Å². The van der Waals surface area contributed by atoms with Crippen LogP contribution in [0.4, 0.5) is 0 Å². The lowest BCUT2D eigenvalue weighted by Gasteiger charge is -2.45. The molecule has 2 heterocycles. The molecule has 6 nitrogen and oxygen atoms in total. The van der Waals surface area contributed by atoms with Gasteiger partial charge in [-0.2, -0.15) is 0 Å². The van der Waals surface area contributed by atoms with Crippen molar-refractivity contribution in [2.45, 2.75) is 12.5 Å². The van der Waals surface area contributed by atoms with E-state index in [9.17, 15) is 14.4 Å². The maximum atomic E-state index is 12.5. The van der Waals surface area contributed by atoms with Gasteiger partial charge < -0.3 is 14.7 Å². The fourth-order valence-electron chi connectivity index (χ4n) is 3.08. The molecule has 2 aliphatic rings. The van der Waals surface area contributed by atoms with Gasteiger partial charge in [0, 0.05) is 20.1 Å². The third-order valence-corrected chi connectivity index (χ3v) is 5.17. The summed E-state index contributed by atoms with van der Waals surface area (Å²) in [6, 6.07) is 4.50. The highest BCUT2D eigenvalue weighted by atomic mass is 35.5. The molecule has 1 atom stereocenters. The number of hydrogen-bond acceptors (Lipinski definition) is 3. The number of carbonyl (C=O) groups is 3. The number of benzene rings is 1. The fourth-order valence-corrected chi connectivity index (χ4v) is 3.40. The van der Waals surface area contributed by atoms with Crippen LogP contribution in [0.5, 0.6) is 0 Å². The van der Waals surface area contributed by atoms with Gasteiger partial charge in [-0.25, -0.2) is 0 Å². The Bertz CT molecular complexity index is 710. The van der Waals surface area contributed by atoms with Crippen LogP contribution in [0.3, 0.4) is 0 Å². The number of hydrogen-bond donors (Lipinski definition) is 0. The van der Waals surface area contributed by atoms with E-state index < -0.39 is 6.04 Å². The summed E-state index contributed by atoms with van der Waals surface area (Å²) in [6.45, 7) is 1.15. The van der Waals surface area contributed by atoms with Crippen LogP contribution in [-0.2, 0) is 20.8 Å². The highest BCUT2D eigenvalue weighted by molar-refractivity contribution is 6.42. The smallest absolute Gasteiger partial charge is 0.247 e. The van der Waals surface area contributed by atoms with Gasteiger partial charge in [-0.05, 0) is 17.7 Å². The average molecular weight is 370 g/mol. The van der Waals surface area contributed by atoms with Crippen LogP contribution in [0.2, 0.25) is 10.0 Å². The standard InChI is InChI=1S/C16H17Cl2N3O3/c1-19-9-15(23)21-5-4-20(8-13(21)16(19)24)14(22)7-10-2-3-11(17)12(18)6-10/h2-3,6,13H,4-5,7-9H2,1H3. The van der Waals surface area contributed by atoms with E-state index >= 15 is 0 Å². The Kier molecular flexibility index (Phi) is 4.69. The van der Waals surface area contributed by atoms with Gasteiger partial charge in [-0.3, -0.25) is 14.4 Å². The van der Waals surface area contributed by atoms with Crippen molar-refractivity contribution >= 4 is 40.9 Å². The van der Waals surface area contributed by atoms with Gasteiger partial charge in [0.05, 0.1) is 29.6 Å². The summed E-state index contributed by atoms with van der Waals surface area (Å²) < 4.78 is 0. The number of halogens is 2. The van der Waals surface area contributed by atoms with Crippen molar-refractivity contribution in [3.63, 3.8) is 0 Å². The topological polar surface area (TPSA) is 60.9 Å². The average Bonchev–Trinajstić information content (AvgIpc) is 2.55. The Morgan fingerprint density at radius 1 is 1.21 bits per heavy atom. The van der Waals surface area contributed by atoms with Crippen LogP contribution in [0.15, 0.2) is 18.2 Å². The molecule has 1 aromatic carbocycles. The summed E-state index contributed by atoms with van der Waals surface area (Å²) >= 11 is 11.9. The second-order valence-corrected chi connectivity index (χ2v) is 6.88. The van der Waals surface area contributed by atoms with Gasteiger partial charge >= 0.3 is 0 Å². The van der Waals surface area contributed by atoms with Crippen LogP contribution in [0.25, 0.3) is 0 Å². The second-order valence-electron chi connectivity index (χ2n) is 6.06. The summed E-state index contributed by atoms with van der Waals surface area (Å²) in [6.07, 6.45) is 0.182. The van der Waals surface area contributed by atoms with Crippen LogP contribution in [0, 0.1) is 0 Å². The normalized spacial score (nSPS) is 21.1. The maximum absolute atomic E-state index is 12.5. The fraction of sp³-hybridized carbons (Fsp3) is 0.438. The summed E-state index contributed by atoms with van der Waals surface area (Å²) in [5, 5.41) is 0.845. The molecule has 24 heavy (non-hydrogen) atoms. The monoisotopic (exact) mass is 369 g/mol. The van der Waals surface area contributed by atoms with Crippen LogP contribution in [0.1, 0.15) is 5.56 Å². The molecule has 0 spiro atoms. The molecular formula is C16H17Cl2N3O3. The number of rotatable bonds is 2. The van der Waals surface area contributed by atoms with Crippen molar-refractivity contribution in [3.8, 4) is 0 Å². The van der Waals surface area contributed by atoms with Gasteiger partial charge in [0.25, 0.3) is 0 Å². The van der Waals surface area contributed by atoms with Crippen molar-refractivity contribution in [2.24, 2.45) is 0 Å². The van der Waals surface area contributed by atoms with Gasteiger partial charge in [0.1, 0.15) is 6.04 Å². The predicted molar refractivity (Wildman–Crippen MR) is 89.9 cm³/mol. The summed E-state index contributed by atoms with van der Waals surface area (Å²) in [5.41, 5.74) is 0.764. The van der Waals surface area contributed by atoms with Crippen LogP contribution >= 0.6 is 23.2 Å². The van der Waals surface area contributed by atoms with Gasteiger partial charge in [0.2, 0.25) is 17.7 Å². The molecule has 0 aromatic heterocycles. The Hall–Kier alpha value is -1.79. The van der Waals surface area contributed by atoms with Crippen molar-refractivity contribution in [1.29, 1.82) is 0 Å². The van der Waals surface area contributed by atoms with Crippen LogP contribution in [-0.4, -0.2) is 71.7 Å². The van der Waals surface area contributed by atoms with E-state index in [1.165, 1.54) is 4.90 Å². The van der Waals surface area contributed by atoms with E-state index in [4.69, 9.17) is 23.2 Å². The van der Waals surface area contributed by atoms with Crippen molar-refractivity contribution in [1.82, 2.24) is 14.7 Å². The maximum Gasteiger partial charge on any atom is 0.247 e. The van der Waals surface area contributed by atoms with E-state index in [2.05, 4.69) is 0 Å². The Morgan fingerprint density at radius 3 is 2.67 bits per heavy atom. The molecule has 128 valence electrons. The largest absolute Gasteiger partial charge is 0.338 e. The summed E-state index contributed by atoms with van der Waals surface area (Å²) in [4.78, 5) is 41.4. The molecule has 3 rings (SSSR count). The highest BCUT2D eigenvalue weighted by Gasteiger charge is 2.42. The van der Waals surface area contributed by atoms with Crippen molar-refractivity contribution in [2.75, 3.05) is 33.2 Å². The minimum Gasteiger partial charge on any atom is -0.338 e. The molecule has 0 saturated carbocycles. The lowest BCUT2D eigenvalue weighted by molar-refractivity contribution is -0.160. The molecule has 0 bridgehead atoms. The Morgan fingerprint density at radius 2 is 1.96 bits per heavy atom. The van der Waals surface area contributed by atoms with Crippen molar-refractivity contribution in [3.05, 3.63) is 33.8 Å². The predicted octanol–water partition coefficient (Wildman–Crippen LogP) is 1.05. The molecule has 0 radical (unpaired) electrons. The minimum absolute atomic E-state index is 0.0707. The molecule has 2 saturated heterocycles. The van der Waals surface area contributed by atoms with E-state index in [1.807, 2.05) is 0 Å². The number of fused-ring (bicyclic) bond motifs is 1. The lowest BCUT2D eigenvalue weighted by atomic mass is 10.1. The molecule has 0 N–H and O–H groups in total. The minimum atomic E-state index is -0.581. The molecule has 8 heteroatoms. The first kappa shape index (κ1) is 17.0. The van der Waals surface area contributed by atoms with Gasteiger partial charge in [0.15, 0.2) is 0 Å². The third-order valence-electron chi connectivity index (χ3n) is 4.43. The quantitative estimate of drug-likeness (QED) is 0.782. The van der Waals surface area contributed by atoms with E-state index in [0.29, 0.717) is 23.1 Å². The second kappa shape index (κ2) is 6.61. The number of nitrogens with zero attached hydrogens (tertiary/aromatic N) is 3. The zero-order valence-electron chi connectivity index (χ0n) is 13.2. The summed E-state index contributed by atoms with van der Waals surface area (Å²) in [5.74, 6) is -0.290. The Balaban J connectivity index is 1.69.